The predicted molar refractivity (Wildman–Crippen MR) is 102 cm³/mol. The number of rotatable bonds is 4. The lowest BCUT2D eigenvalue weighted by Gasteiger charge is -2.33. The summed E-state index contributed by atoms with van der Waals surface area (Å²) in [7, 11) is 0. The van der Waals surface area contributed by atoms with Gasteiger partial charge in [0.1, 0.15) is 0 Å². The van der Waals surface area contributed by atoms with Crippen molar-refractivity contribution in [1.82, 2.24) is 10.2 Å². The Balaban J connectivity index is 1.42. The van der Waals surface area contributed by atoms with Gasteiger partial charge in [0.25, 0.3) is 0 Å². The minimum Gasteiger partial charge on any atom is -0.388 e. The Hall–Kier alpha value is -2.17. The molecule has 0 radical (unpaired) electrons. The molecule has 2 aliphatic heterocycles. The summed E-state index contributed by atoms with van der Waals surface area (Å²) >= 11 is 0. The zero-order chi connectivity index (χ0) is 17.9. The van der Waals surface area contributed by atoms with E-state index in [2.05, 4.69) is 17.4 Å². The molecule has 2 aliphatic rings. The Morgan fingerprint density at radius 2 is 1.85 bits per heavy atom. The van der Waals surface area contributed by atoms with Gasteiger partial charge < -0.3 is 15.3 Å². The average Bonchev–Trinajstić information content (AvgIpc) is 3.15. The maximum Gasteiger partial charge on any atom is 0.240 e. The van der Waals surface area contributed by atoms with Crippen molar-refractivity contribution in [3.63, 3.8) is 0 Å². The van der Waals surface area contributed by atoms with Gasteiger partial charge >= 0.3 is 0 Å². The molecule has 4 heteroatoms. The molecule has 0 aromatic heterocycles. The molecule has 1 fully saturated rings. The Morgan fingerprint density at radius 1 is 1.12 bits per heavy atom. The predicted octanol–water partition coefficient (Wildman–Crippen LogP) is 2.82. The molecular formula is C22H26N2O2. The van der Waals surface area contributed by atoms with Crippen LogP contribution < -0.4 is 5.32 Å². The maximum atomic E-state index is 13.1. The van der Waals surface area contributed by atoms with E-state index in [-0.39, 0.29) is 18.0 Å². The Labute approximate surface area is 154 Å². The molecule has 2 heterocycles. The van der Waals surface area contributed by atoms with Gasteiger partial charge in [0.05, 0.1) is 12.1 Å². The largest absolute Gasteiger partial charge is 0.388 e. The van der Waals surface area contributed by atoms with Crippen molar-refractivity contribution in [2.45, 2.75) is 50.4 Å². The van der Waals surface area contributed by atoms with Crippen LogP contribution >= 0.6 is 0 Å². The highest BCUT2D eigenvalue weighted by atomic mass is 16.3. The van der Waals surface area contributed by atoms with Crippen LogP contribution in [-0.2, 0) is 17.8 Å². The number of amides is 1. The molecule has 4 nitrogen and oxygen atoms in total. The first kappa shape index (κ1) is 17.3. The molecule has 1 saturated heterocycles. The highest BCUT2D eigenvalue weighted by molar-refractivity contribution is 5.83. The van der Waals surface area contributed by atoms with Crippen LogP contribution in [0, 0.1) is 0 Å². The molecule has 1 amide bonds. The molecule has 0 saturated carbocycles. The Morgan fingerprint density at radius 3 is 2.65 bits per heavy atom. The van der Waals surface area contributed by atoms with Crippen molar-refractivity contribution in [2.24, 2.45) is 0 Å². The number of fused-ring (bicyclic) bond motifs is 1. The van der Waals surface area contributed by atoms with E-state index in [0.29, 0.717) is 6.42 Å². The van der Waals surface area contributed by atoms with Crippen molar-refractivity contribution >= 4 is 5.91 Å². The van der Waals surface area contributed by atoms with Crippen LogP contribution in [-0.4, -0.2) is 34.5 Å². The smallest absolute Gasteiger partial charge is 0.240 e. The van der Waals surface area contributed by atoms with E-state index in [1.54, 1.807) is 0 Å². The number of benzene rings is 2. The van der Waals surface area contributed by atoms with Crippen LogP contribution in [0.25, 0.3) is 0 Å². The van der Waals surface area contributed by atoms with Gasteiger partial charge in [-0.05, 0) is 42.4 Å². The fraction of sp³-hybridized carbons (Fsp3) is 0.409. The highest BCUT2D eigenvalue weighted by Gasteiger charge is 2.35. The molecule has 4 rings (SSSR count). The van der Waals surface area contributed by atoms with Crippen LogP contribution in [0.5, 0.6) is 0 Å². The summed E-state index contributed by atoms with van der Waals surface area (Å²) < 4.78 is 0. The molecular weight excluding hydrogens is 324 g/mol. The van der Waals surface area contributed by atoms with E-state index >= 15 is 0 Å². The molecule has 0 aliphatic carbocycles. The van der Waals surface area contributed by atoms with Gasteiger partial charge in [0.2, 0.25) is 5.91 Å². The second kappa shape index (κ2) is 7.60. The van der Waals surface area contributed by atoms with Gasteiger partial charge in [-0.15, -0.1) is 0 Å². The monoisotopic (exact) mass is 350 g/mol. The van der Waals surface area contributed by atoms with Gasteiger partial charge in [0, 0.05) is 19.1 Å². The zero-order valence-electron chi connectivity index (χ0n) is 15.0. The normalized spacial score (nSPS) is 23.5. The first-order valence-electron chi connectivity index (χ1n) is 9.56. The first-order valence-corrected chi connectivity index (χ1v) is 9.56. The lowest BCUT2D eigenvalue weighted by atomic mass is 9.94. The number of carbonyl (C=O) groups is 1. The van der Waals surface area contributed by atoms with E-state index in [1.165, 1.54) is 11.1 Å². The van der Waals surface area contributed by atoms with E-state index in [0.717, 1.165) is 37.9 Å². The summed E-state index contributed by atoms with van der Waals surface area (Å²) in [6, 6.07) is 18.0. The molecule has 0 spiro atoms. The van der Waals surface area contributed by atoms with Crippen LogP contribution in [0.4, 0.5) is 0 Å². The van der Waals surface area contributed by atoms with E-state index < -0.39 is 6.10 Å². The lowest BCUT2D eigenvalue weighted by molar-refractivity contribution is -0.135. The third-order valence-electron chi connectivity index (χ3n) is 5.72. The molecule has 3 atom stereocenters. The lowest BCUT2D eigenvalue weighted by Crippen LogP contribution is -2.51. The zero-order valence-corrected chi connectivity index (χ0v) is 15.0. The summed E-state index contributed by atoms with van der Waals surface area (Å²) in [5, 5.41) is 14.0. The van der Waals surface area contributed by atoms with Gasteiger partial charge in [-0.25, -0.2) is 0 Å². The standard InChI is InChI=1S/C22H26N2O2/c25-21(16-7-2-1-3-8-16)14-19-11-6-12-24(19)22(26)20-13-17-9-4-5-10-18(17)15-23-20/h1-5,7-10,19-21,23,25H,6,11-15H2. The van der Waals surface area contributed by atoms with Crippen molar-refractivity contribution in [2.75, 3.05) is 6.54 Å². The maximum absolute atomic E-state index is 13.1. The number of hydrogen-bond donors (Lipinski definition) is 2. The Kier molecular flexibility index (Phi) is 5.05. The van der Waals surface area contributed by atoms with Crippen LogP contribution in [0.1, 0.15) is 42.1 Å². The number of nitrogens with zero attached hydrogens (tertiary/aromatic N) is 1. The second-order valence-electron chi connectivity index (χ2n) is 7.40. The molecule has 136 valence electrons. The minimum absolute atomic E-state index is 0.122. The average molecular weight is 350 g/mol. The van der Waals surface area contributed by atoms with Crippen molar-refractivity contribution in [3.05, 3.63) is 71.3 Å². The second-order valence-corrected chi connectivity index (χ2v) is 7.40. The van der Waals surface area contributed by atoms with Crippen molar-refractivity contribution in [3.8, 4) is 0 Å². The summed E-state index contributed by atoms with van der Waals surface area (Å²) in [5.74, 6) is 0.183. The van der Waals surface area contributed by atoms with E-state index in [4.69, 9.17) is 0 Å². The first-order chi connectivity index (χ1) is 12.7. The van der Waals surface area contributed by atoms with Gasteiger partial charge in [-0.3, -0.25) is 4.79 Å². The molecule has 26 heavy (non-hydrogen) atoms. The van der Waals surface area contributed by atoms with E-state index in [1.807, 2.05) is 47.4 Å². The number of carbonyl (C=O) groups excluding carboxylic acids is 1. The quantitative estimate of drug-likeness (QED) is 0.892. The number of aliphatic hydroxyl groups excluding tert-OH is 1. The summed E-state index contributed by atoms with van der Waals surface area (Å²) in [4.78, 5) is 15.1. The molecule has 0 bridgehead atoms. The SMILES string of the molecule is O=C(C1Cc2ccccc2CN1)N1CCCC1CC(O)c1ccccc1. The van der Waals surface area contributed by atoms with E-state index in [9.17, 15) is 9.90 Å². The number of likely N-dealkylation sites (tertiary alicyclic amines) is 1. The third-order valence-corrected chi connectivity index (χ3v) is 5.72. The number of aliphatic hydroxyl groups is 1. The highest BCUT2D eigenvalue weighted by Crippen LogP contribution is 2.29. The topological polar surface area (TPSA) is 52.6 Å². The van der Waals surface area contributed by atoms with Gasteiger partial charge in [-0.2, -0.15) is 0 Å². The summed E-state index contributed by atoms with van der Waals surface area (Å²) in [5.41, 5.74) is 3.48. The Bertz CT molecular complexity index is 762. The molecule has 3 unspecified atom stereocenters. The number of nitrogens with one attached hydrogen (secondary N) is 1. The minimum atomic E-state index is -0.519. The van der Waals surface area contributed by atoms with Gasteiger partial charge in [0.15, 0.2) is 0 Å². The summed E-state index contributed by atoms with van der Waals surface area (Å²) in [6.07, 6.45) is 2.83. The van der Waals surface area contributed by atoms with Crippen LogP contribution in [0.3, 0.4) is 0 Å². The molecule has 2 aromatic carbocycles. The number of hydrogen-bond acceptors (Lipinski definition) is 3. The molecule has 2 aromatic rings. The fourth-order valence-electron chi connectivity index (χ4n) is 4.27. The fourth-order valence-corrected chi connectivity index (χ4v) is 4.27. The summed E-state index contributed by atoms with van der Waals surface area (Å²) in [6.45, 7) is 1.54. The molecule has 2 N–H and O–H groups in total. The van der Waals surface area contributed by atoms with Crippen molar-refractivity contribution in [1.29, 1.82) is 0 Å². The van der Waals surface area contributed by atoms with Crippen LogP contribution in [0.15, 0.2) is 54.6 Å². The van der Waals surface area contributed by atoms with Crippen LogP contribution in [0.2, 0.25) is 0 Å². The third kappa shape index (κ3) is 3.53. The van der Waals surface area contributed by atoms with Gasteiger partial charge in [-0.1, -0.05) is 54.6 Å². The van der Waals surface area contributed by atoms with Crippen molar-refractivity contribution < 1.29 is 9.90 Å².